The highest BCUT2D eigenvalue weighted by Crippen LogP contribution is 2.14. The molecular weight excluding hydrogens is 272 g/mol. The topological polar surface area (TPSA) is 77.4 Å². The van der Waals surface area contributed by atoms with Crippen LogP contribution in [0.25, 0.3) is 0 Å². The average molecular weight is 294 g/mol. The Morgan fingerprint density at radius 3 is 2.67 bits per heavy atom. The van der Waals surface area contributed by atoms with Crippen LogP contribution in [0.4, 0.5) is 0 Å². The summed E-state index contributed by atoms with van der Waals surface area (Å²) in [5, 5.41) is 2.71. The summed E-state index contributed by atoms with van der Waals surface area (Å²) in [5.41, 5.74) is -1.18. The maximum atomic E-state index is 12.0. The van der Waals surface area contributed by atoms with Crippen molar-refractivity contribution in [2.75, 3.05) is 7.11 Å². The van der Waals surface area contributed by atoms with Crippen molar-refractivity contribution in [3.05, 3.63) is 34.7 Å². The Morgan fingerprint density at radius 1 is 1.38 bits per heavy atom. The van der Waals surface area contributed by atoms with Gasteiger partial charge in [-0.2, -0.15) is 0 Å². The Morgan fingerprint density at radius 2 is 2.10 bits per heavy atom. The van der Waals surface area contributed by atoms with Crippen molar-refractivity contribution in [1.82, 2.24) is 9.88 Å². The first-order valence-corrected chi connectivity index (χ1v) is 6.98. The summed E-state index contributed by atoms with van der Waals surface area (Å²) in [5.74, 6) is -0.748. The minimum atomic E-state index is -1.03. The van der Waals surface area contributed by atoms with E-state index in [1.165, 1.54) is 17.7 Å². The van der Waals surface area contributed by atoms with Gasteiger partial charge < -0.3 is 14.6 Å². The fourth-order valence-electron chi connectivity index (χ4n) is 2.18. The Balaban J connectivity index is 2.65. The van der Waals surface area contributed by atoms with Crippen LogP contribution in [-0.2, 0) is 20.9 Å². The number of rotatable bonds is 7. The van der Waals surface area contributed by atoms with E-state index in [4.69, 9.17) is 4.74 Å². The molecule has 21 heavy (non-hydrogen) atoms. The van der Waals surface area contributed by atoms with E-state index in [1.807, 2.05) is 6.92 Å². The maximum Gasteiger partial charge on any atom is 0.331 e. The van der Waals surface area contributed by atoms with Gasteiger partial charge in [-0.1, -0.05) is 19.4 Å². The lowest BCUT2D eigenvalue weighted by molar-refractivity contribution is -0.150. The molecule has 116 valence electrons. The minimum absolute atomic E-state index is 0.125. The molecule has 0 saturated carbocycles. The molecule has 0 aliphatic heterocycles. The second-order valence-electron chi connectivity index (χ2n) is 5.10. The molecule has 1 N–H and O–H groups in total. The lowest BCUT2D eigenvalue weighted by atomic mass is 9.96. The average Bonchev–Trinajstić information content (AvgIpc) is 2.45. The highest BCUT2D eigenvalue weighted by atomic mass is 16.5. The van der Waals surface area contributed by atoms with Gasteiger partial charge in [0.25, 0.3) is 5.56 Å². The normalized spacial score (nSPS) is 13.3. The number of nitrogens with one attached hydrogen (secondary N) is 1. The predicted molar refractivity (Wildman–Crippen MR) is 78.8 cm³/mol. The molecule has 6 heteroatoms. The summed E-state index contributed by atoms with van der Waals surface area (Å²) < 4.78 is 6.20. The smallest absolute Gasteiger partial charge is 0.331 e. The molecule has 0 fully saturated rings. The van der Waals surface area contributed by atoms with Gasteiger partial charge in [-0.05, 0) is 19.4 Å². The summed E-state index contributed by atoms with van der Waals surface area (Å²) in [4.78, 5) is 35.3. The van der Waals surface area contributed by atoms with Crippen molar-refractivity contribution in [3.8, 4) is 0 Å². The molecule has 0 aliphatic rings. The molecule has 0 spiro atoms. The molecular formula is C15H22N2O4. The van der Waals surface area contributed by atoms with E-state index in [0.29, 0.717) is 6.42 Å². The molecule has 1 atom stereocenters. The third-order valence-corrected chi connectivity index (χ3v) is 3.28. The number of carbonyl (C=O) groups is 2. The molecule has 1 unspecified atom stereocenters. The minimum Gasteiger partial charge on any atom is -0.467 e. The molecule has 1 heterocycles. The molecule has 1 aromatic heterocycles. The number of esters is 1. The Bertz CT molecular complexity index is 553. The van der Waals surface area contributed by atoms with Crippen molar-refractivity contribution < 1.29 is 14.3 Å². The van der Waals surface area contributed by atoms with Crippen LogP contribution in [-0.4, -0.2) is 29.1 Å². The number of hydrogen-bond donors (Lipinski definition) is 1. The Labute approximate surface area is 124 Å². The summed E-state index contributed by atoms with van der Waals surface area (Å²) in [6.07, 6.45) is 2.99. The van der Waals surface area contributed by atoms with Crippen molar-refractivity contribution >= 4 is 11.9 Å². The molecule has 1 aromatic rings. The standard InChI is InChI=1S/C15H22N2O4/c1-4-9-15(2,14(20)21-3)16-12(18)8-11-17-10-6-5-7-13(17)19/h5-7,10H,4,8-9,11H2,1-3H3,(H,16,18). The number of carbonyl (C=O) groups excluding carboxylic acids is 2. The fraction of sp³-hybridized carbons (Fsp3) is 0.533. The van der Waals surface area contributed by atoms with Gasteiger partial charge in [-0.15, -0.1) is 0 Å². The van der Waals surface area contributed by atoms with Crippen LogP contribution in [0.1, 0.15) is 33.1 Å². The Hall–Kier alpha value is -2.11. The lowest BCUT2D eigenvalue weighted by Gasteiger charge is -2.27. The zero-order valence-corrected chi connectivity index (χ0v) is 12.7. The van der Waals surface area contributed by atoms with Crippen LogP contribution in [0.5, 0.6) is 0 Å². The molecule has 0 radical (unpaired) electrons. The van der Waals surface area contributed by atoms with E-state index in [0.717, 1.165) is 6.42 Å². The lowest BCUT2D eigenvalue weighted by Crippen LogP contribution is -2.52. The summed E-state index contributed by atoms with van der Waals surface area (Å²) in [6.45, 7) is 3.85. The summed E-state index contributed by atoms with van der Waals surface area (Å²) in [7, 11) is 1.30. The van der Waals surface area contributed by atoms with E-state index in [1.54, 1.807) is 25.3 Å². The van der Waals surface area contributed by atoms with Gasteiger partial charge in [-0.3, -0.25) is 9.59 Å². The highest BCUT2D eigenvalue weighted by Gasteiger charge is 2.34. The number of hydrogen-bond acceptors (Lipinski definition) is 4. The third kappa shape index (κ3) is 4.73. The predicted octanol–water partition coefficient (Wildman–Crippen LogP) is 1.09. The molecule has 0 bridgehead atoms. The van der Waals surface area contributed by atoms with Crippen LogP contribution < -0.4 is 10.9 Å². The SMILES string of the molecule is CCCC(C)(NC(=O)CCn1ccccc1=O)C(=O)OC. The summed E-state index contributed by atoms with van der Waals surface area (Å²) in [6, 6.07) is 4.82. The van der Waals surface area contributed by atoms with Gasteiger partial charge in [0.15, 0.2) is 0 Å². The molecule has 1 amide bonds. The summed E-state index contributed by atoms with van der Waals surface area (Å²) >= 11 is 0. The van der Waals surface area contributed by atoms with Gasteiger partial charge in [0, 0.05) is 25.2 Å². The highest BCUT2D eigenvalue weighted by molar-refractivity contribution is 5.87. The van der Waals surface area contributed by atoms with Gasteiger partial charge in [0.1, 0.15) is 5.54 Å². The van der Waals surface area contributed by atoms with E-state index in [2.05, 4.69) is 5.32 Å². The number of aryl methyl sites for hydroxylation is 1. The van der Waals surface area contributed by atoms with Crippen LogP contribution in [0.15, 0.2) is 29.2 Å². The van der Waals surface area contributed by atoms with Gasteiger partial charge in [-0.25, -0.2) is 4.79 Å². The number of ether oxygens (including phenoxy) is 1. The van der Waals surface area contributed by atoms with E-state index in [-0.39, 0.29) is 24.4 Å². The van der Waals surface area contributed by atoms with Crippen LogP contribution >= 0.6 is 0 Å². The van der Waals surface area contributed by atoms with Gasteiger partial charge in [0.2, 0.25) is 5.91 Å². The van der Waals surface area contributed by atoms with Crippen molar-refractivity contribution in [2.45, 2.75) is 45.2 Å². The first-order valence-electron chi connectivity index (χ1n) is 6.98. The van der Waals surface area contributed by atoms with Gasteiger partial charge >= 0.3 is 5.97 Å². The maximum absolute atomic E-state index is 12.0. The molecule has 0 aromatic carbocycles. The van der Waals surface area contributed by atoms with Crippen LogP contribution in [0.2, 0.25) is 0 Å². The van der Waals surface area contributed by atoms with Crippen LogP contribution in [0.3, 0.4) is 0 Å². The van der Waals surface area contributed by atoms with E-state index < -0.39 is 11.5 Å². The molecule has 1 rings (SSSR count). The van der Waals surface area contributed by atoms with Gasteiger partial charge in [0.05, 0.1) is 7.11 Å². The van der Waals surface area contributed by atoms with Crippen molar-refractivity contribution in [2.24, 2.45) is 0 Å². The quantitative estimate of drug-likeness (QED) is 0.764. The van der Waals surface area contributed by atoms with Crippen molar-refractivity contribution in [1.29, 1.82) is 0 Å². The first-order chi connectivity index (χ1) is 9.92. The monoisotopic (exact) mass is 294 g/mol. The second kappa shape index (κ2) is 7.61. The molecule has 0 saturated heterocycles. The molecule has 0 aliphatic carbocycles. The number of aromatic nitrogens is 1. The number of nitrogens with zero attached hydrogens (tertiary/aromatic N) is 1. The van der Waals surface area contributed by atoms with E-state index >= 15 is 0 Å². The van der Waals surface area contributed by atoms with Crippen molar-refractivity contribution in [3.63, 3.8) is 0 Å². The van der Waals surface area contributed by atoms with E-state index in [9.17, 15) is 14.4 Å². The fourth-order valence-corrected chi connectivity index (χ4v) is 2.18. The zero-order chi connectivity index (χ0) is 15.9. The Kier molecular flexibility index (Phi) is 6.14. The largest absolute Gasteiger partial charge is 0.467 e. The number of methoxy groups -OCH3 is 1. The zero-order valence-electron chi connectivity index (χ0n) is 12.7. The third-order valence-electron chi connectivity index (χ3n) is 3.28. The second-order valence-corrected chi connectivity index (χ2v) is 5.10. The first kappa shape index (κ1) is 16.9. The van der Waals surface area contributed by atoms with Crippen LogP contribution in [0, 0.1) is 0 Å². The number of pyridine rings is 1. The molecule has 6 nitrogen and oxygen atoms in total. The number of amides is 1.